The number of fused-ring (bicyclic) bond motifs is 3. The highest BCUT2D eigenvalue weighted by Crippen LogP contribution is 2.75. The van der Waals surface area contributed by atoms with Crippen LogP contribution in [0.25, 0.3) is 0 Å². The van der Waals surface area contributed by atoms with Crippen LogP contribution in [-0.2, 0) is 14.3 Å². The molecule has 49 heavy (non-hydrogen) atoms. The Morgan fingerprint density at radius 2 is 1.82 bits per heavy atom. The minimum Gasteiger partial charge on any atom is -0.481 e. The van der Waals surface area contributed by atoms with Crippen molar-refractivity contribution in [1.29, 1.82) is 0 Å². The van der Waals surface area contributed by atoms with Gasteiger partial charge in [-0.2, -0.15) is 4.80 Å². The third-order valence-corrected chi connectivity index (χ3v) is 15.5. The molecular weight excluding hydrogens is 616 g/mol. The summed E-state index contributed by atoms with van der Waals surface area (Å²) in [7, 11) is 0. The van der Waals surface area contributed by atoms with Gasteiger partial charge in [0.25, 0.3) is 5.95 Å². The SMILES string of the molecule is CC(C)[C@@H](C)[C@@]1(C)CC[C@]2(C)[C@H]3CC[C@@H]4[C@@]5(COC[C@@]4(C)[C@@H](OC[C@@H](N)c4ccccc4)[C@H](n4nnc(N)n4)C5)C3=CC[C@@]2(C)[C@@H]1C(=O)O. The van der Waals surface area contributed by atoms with Crippen LogP contribution in [0.1, 0.15) is 105 Å². The Balaban J connectivity index is 1.29. The highest BCUT2D eigenvalue weighted by molar-refractivity contribution is 5.73. The third kappa shape index (κ3) is 4.90. The molecule has 0 spiro atoms. The Morgan fingerprint density at radius 1 is 1.08 bits per heavy atom. The molecule has 0 amide bonds. The van der Waals surface area contributed by atoms with Gasteiger partial charge in [-0.25, -0.2) is 0 Å². The van der Waals surface area contributed by atoms with Gasteiger partial charge in [-0.15, -0.1) is 5.10 Å². The van der Waals surface area contributed by atoms with Crippen LogP contribution in [0, 0.1) is 56.7 Å². The van der Waals surface area contributed by atoms with Crippen molar-refractivity contribution >= 4 is 11.9 Å². The maximum absolute atomic E-state index is 13.4. The number of aliphatic carboxylic acids is 1. The van der Waals surface area contributed by atoms with Gasteiger partial charge in [-0.1, -0.05) is 95.5 Å². The normalized spacial score (nSPS) is 42.7. The zero-order valence-corrected chi connectivity index (χ0v) is 30.6. The van der Waals surface area contributed by atoms with Crippen molar-refractivity contribution in [3.8, 4) is 0 Å². The summed E-state index contributed by atoms with van der Waals surface area (Å²) in [5.74, 6) is 0.393. The van der Waals surface area contributed by atoms with Crippen LogP contribution in [-0.4, -0.2) is 57.2 Å². The molecule has 1 saturated heterocycles. The molecule has 4 fully saturated rings. The van der Waals surface area contributed by atoms with E-state index in [0.717, 1.165) is 44.1 Å². The molecule has 1 aliphatic heterocycles. The molecule has 4 aliphatic carbocycles. The number of hydrogen-bond donors (Lipinski definition) is 3. The molecule has 2 heterocycles. The minimum absolute atomic E-state index is 0.146. The van der Waals surface area contributed by atoms with E-state index in [2.05, 4.69) is 70.0 Å². The van der Waals surface area contributed by atoms with Crippen LogP contribution in [0.2, 0.25) is 0 Å². The summed E-state index contributed by atoms with van der Waals surface area (Å²) in [6, 6.07) is 9.59. The third-order valence-electron chi connectivity index (χ3n) is 15.5. The summed E-state index contributed by atoms with van der Waals surface area (Å²) < 4.78 is 13.6. The lowest BCUT2D eigenvalue weighted by molar-refractivity contribution is -0.252. The number of carboxylic acid groups (broad SMARTS) is 1. The van der Waals surface area contributed by atoms with E-state index in [1.165, 1.54) is 5.57 Å². The number of ether oxygens (including phenoxy) is 2. The lowest BCUT2D eigenvalue weighted by atomic mass is 9.34. The molecule has 2 aromatic rings. The predicted molar refractivity (Wildman–Crippen MR) is 188 cm³/mol. The summed E-state index contributed by atoms with van der Waals surface area (Å²) >= 11 is 0. The monoisotopic (exact) mass is 674 g/mol. The van der Waals surface area contributed by atoms with E-state index >= 15 is 0 Å². The molecule has 0 unspecified atom stereocenters. The maximum Gasteiger partial charge on any atom is 0.307 e. The van der Waals surface area contributed by atoms with Crippen LogP contribution in [0.15, 0.2) is 42.0 Å². The van der Waals surface area contributed by atoms with Crippen LogP contribution >= 0.6 is 0 Å². The van der Waals surface area contributed by atoms with Crippen molar-refractivity contribution in [2.75, 3.05) is 25.6 Å². The van der Waals surface area contributed by atoms with Gasteiger partial charge in [0.05, 0.1) is 37.9 Å². The Kier molecular flexibility index (Phi) is 8.39. The highest BCUT2D eigenvalue weighted by Gasteiger charge is 2.72. The fourth-order valence-corrected chi connectivity index (χ4v) is 12.5. The Morgan fingerprint density at radius 3 is 2.47 bits per heavy atom. The summed E-state index contributed by atoms with van der Waals surface area (Å²) in [4.78, 5) is 15.1. The van der Waals surface area contributed by atoms with E-state index in [1.807, 2.05) is 30.3 Å². The lowest BCUT2D eigenvalue weighted by Gasteiger charge is -2.71. The Hall–Kier alpha value is -2.82. The molecule has 5 aliphatic rings. The van der Waals surface area contributed by atoms with Crippen LogP contribution in [0.4, 0.5) is 5.95 Å². The minimum atomic E-state index is -0.637. The zero-order valence-electron chi connectivity index (χ0n) is 30.6. The number of nitrogen functional groups attached to an aromatic ring is 1. The van der Waals surface area contributed by atoms with Crippen molar-refractivity contribution in [2.45, 2.75) is 105 Å². The summed E-state index contributed by atoms with van der Waals surface area (Å²) in [6.45, 7) is 17.7. The lowest BCUT2D eigenvalue weighted by Crippen LogP contribution is -2.69. The largest absolute Gasteiger partial charge is 0.481 e. The molecule has 1 aromatic carbocycles. The van der Waals surface area contributed by atoms with Gasteiger partial charge in [0.1, 0.15) is 6.04 Å². The van der Waals surface area contributed by atoms with Crippen LogP contribution in [0.5, 0.6) is 0 Å². The second-order valence-electron chi connectivity index (χ2n) is 17.9. The summed E-state index contributed by atoms with van der Waals surface area (Å²) in [6.07, 6.45) is 7.73. The van der Waals surface area contributed by atoms with Crippen molar-refractivity contribution in [3.05, 3.63) is 47.5 Å². The second kappa shape index (κ2) is 11.9. The van der Waals surface area contributed by atoms with Crippen molar-refractivity contribution < 1.29 is 19.4 Å². The highest BCUT2D eigenvalue weighted by atomic mass is 16.5. The number of hydrogen-bond acceptors (Lipinski definition) is 8. The number of aromatic nitrogens is 4. The molecule has 12 atom stereocenters. The molecule has 268 valence electrons. The average molecular weight is 675 g/mol. The quantitative estimate of drug-likeness (QED) is 0.268. The van der Waals surface area contributed by atoms with E-state index in [-0.39, 0.29) is 57.1 Å². The van der Waals surface area contributed by atoms with Gasteiger partial charge in [-0.05, 0) is 89.2 Å². The molecule has 5 N–H and O–H groups in total. The summed E-state index contributed by atoms with van der Waals surface area (Å²) in [5.41, 5.74) is 13.9. The van der Waals surface area contributed by atoms with E-state index in [9.17, 15) is 9.90 Å². The maximum atomic E-state index is 13.4. The predicted octanol–water partition coefficient (Wildman–Crippen LogP) is 6.47. The van der Waals surface area contributed by atoms with E-state index < -0.39 is 11.9 Å². The number of benzene rings is 1. The Bertz CT molecular complexity index is 1600. The number of tetrazole rings is 1. The molecular formula is C39H58N6O4. The van der Waals surface area contributed by atoms with Gasteiger partial charge in [-0.3, -0.25) is 4.79 Å². The number of carbonyl (C=O) groups is 1. The van der Waals surface area contributed by atoms with Crippen LogP contribution < -0.4 is 11.5 Å². The van der Waals surface area contributed by atoms with Gasteiger partial charge >= 0.3 is 5.97 Å². The number of carboxylic acids is 1. The fraction of sp³-hybridized carbons (Fsp3) is 0.744. The van der Waals surface area contributed by atoms with Crippen LogP contribution in [0.3, 0.4) is 0 Å². The first-order valence-corrected chi connectivity index (χ1v) is 18.6. The van der Waals surface area contributed by atoms with Gasteiger partial charge in [0.2, 0.25) is 0 Å². The van der Waals surface area contributed by atoms with Gasteiger partial charge < -0.3 is 26.0 Å². The molecule has 10 nitrogen and oxygen atoms in total. The van der Waals surface area contributed by atoms with Crippen molar-refractivity contribution in [3.63, 3.8) is 0 Å². The molecule has 10 heteroatoms. The molecule has 7 rings (SSSR count). The van der Waals surface area contributed by atoms with E-state index in [4.69, 9.17) is 20.9 Å². The summed E-state index contributed by atoms with van der Waals surface area (Å²) in [5, 5.41) is 24.1. The fourth-order valence-electron chi connectivity index (χ4n) is 12.5. The first-order valence-electron chi connectivity index (χ1n) is 18.6. The average Bonchev–Trinajstić information content (AvgIpc) is 3.50. The standard InChI is InChI=1S/C39H58N6O4/c1-23(2)24(3)35(4)17-18-37(6)26-13-14-30-36(5)21-48-22-39(30,27(26)15-16-38(37,7)31(35)33(46)47)19-29(45-43-34(41)42-44-45)32(36)49-20-28(40)25-11-9-8-10-12-25/h8-12,15,23-24,26,28-32H,13-14,16-22,40H2,1-7H3,(H2,41,43)(H,46,47)/t24-,26+,28-,29-,30+,31-,32+,35-,36-,37-,38+,39+/m1/s1. The first-order chi connectivity index (χ1) is 23.1. The number of rotatable bonds is 8. The zero-order chi connectivity index (χ0) is 35.1. The number of allylic oxidation sites excluding steroid dienone is 1. The molecule has 1 aromatic heterocycles. The number of anilines is 1. The van der Waals surface area contributed by atoms with Crippen molar-refractivity contribution in [1.82, 2.24) is 20.2 Å². The van der Waals surface area contributed by atoms with Crippen molar-refractivity contribution in [2.24, 2.45) is 62.4 Å². The number of nitrogens with two attached hydrogens (primary N) is 2. The van der Waals surface area contributed by atoms with Gasteiger partial charge in [0.15, 0.2) is 0 Å². The first kappa shape index (κ1) is 34.6. The van der Waals surface area contributed by atoms with E-state index in [1.54, 1.807) is 4.80 Å². The number of nitrogens with zero attached hydrogens (tertiary/aromatic N) is 4. The molecule has 2 bridgehead atoms. The van der Waals surface area contributed by atoms with E-state index in [0.29, 0.717) is 37.6 Å². The smallest absolute Gasteiger partial charge is 0.307 e. The second-order valence-corrected chi connectivity index (χ2v) is 17.9. The Labute approximate surface area is 291 Å². The topological polar surface area (TPSA) is 151 Å². The molecule has 0 radical (unpaired) electrons. The molecule has 3 saturated carbocycles. The van der Waals surface area contributed by atoms with Gasteiger partial charge in [0, 0.05) is 10.8 Å².